The molecule has 8 fully saturated rings. The van der Waals surface area contributed by atoms with Crippen molar-refractivity contribution in [2.45, 2.75) is 189 Å². The van der Waals surface area contributed by atoms with Crippen LogP contribution >= 0.6 is 0 Å². The number of likely N-dealkylation sites (tertiary alicyclic amines) is 4. The lowest BCUT2D eigenvalue weighted by Crippen LogP contribution is -2.65. The Morgan fingerprint density at radius 2 is 0.514 bits per heavy atom. The van der Waals surface area contributed by atoms with Crippen LogP contribution < -0.4 is 18.9 Å². The van der Waals surface area contributed by atoms with Gasteiger partial charge in [-0.15, -0.1) is 0 Å². The zero-order chi connectivity index (χ0) is 75.7. The van der Waals surface area contributed by atoms with Crippen LogP contribution in [0, 0.1) is 23.7 Å². The van der Waals surface area contributed by atoms with Crippen molar-refractivity contribution in [1.82, 2.24) is 19.6 Å². The largest absolute Gasteiger partial charge is 0.467 e. The Labute approximate surface area is 643 Å². The van der Waals surface area contributed by atoms with Gasteiger partial charge >= 0.3 is 0 Å². The van der Waals surface area contributed by atoms with Gasteiger partial charge in [-0.25, -0.2) is 0 Å². The fraction of sp³-hybridized carbons (Fsp3) is 0.375. The molecule has 8 aromatic rings. The van der Waals surface area contributed by atoms with Crippen LogP contribution in [0.4, 0.5) is 0 Å². The van der Waals surface area contributed by atoms with Crippen LogP contribution in [-0.2, 0) is 23.9 Å². The van der Waals surface area contributed by atoms with Crippen molar-refractivity contribution in [2.75, 3.05) is 13.2 Å². The third-order valence-electron chi connectivity index (χ3n) is 26.5. The number of hydrogen-bond acceptors (Lipinski definition) is 9. The molecule has 109 heavy (non-hydrogen) atoms. The van der Waals surface area contributed by atoms with E-state index in [4.69, 9.17) is 23.7 Å². The fourth-order valence-electron chi connectivity index (χ4n) is 21.8. The minimum absolute atomic E-state index is 0.0407. The number of ether oxygens (including phenoxy) is 5. The lowest BCUT2D eigenvalue weighted by atomic mass is 9.70. The lowest BCUT2D eigenvalue weighted by molar-refractivity contribution is -0.181. The minimum atomic E-state index is -0.549. The average molecular weight is 1460 g/mol. The Morgan fingerprint density at radius 3 is 0.706 bits per heavy atom. The molecule has 8 aliphatic heterocycles. The highest BCUT2D eigenvalue weighted by molar-refractivity contribution is 5.99. The summed E-state index contributed by atoms with van der Waals surface area (Å²) in [6.07, 6.45) is 12.1. The number of piperidine rings is 4. The van der Waals surface area contributed by atoms with Crippen LogP contribution in [0.1, 0.15) is 211 Å². The molecule has 4 aliphatic carbocycles. The van der Waals surface area contributed by atoms with E-state index in [1.54, 1.807) is 0 Å². The van der Waals surface area contributed by atoms with Crippen molar-refractivity contribution < 1.29 is 42.9 Å². The number of carbonyl (C=O) groups excluding carboxylic acids is 4. The second-order valence-electron chi connectivity index (χ2n) is 31.8. The summed E-state index contributed by atoms with van der Waals surface area (Å²) in [6, 6.07) is 73.4. The van der Waals surface area contributed by atoms with E-state index in [1.807, 2.05) is 179 Å². The predicted octanol–water partition coefficient (Wildman–Crippen LogP) is 20.3. The molecule has 0 radical (unpaired) electrons. The molecule has 0 spiro atoms. The molecule has 4 saturated carbocycles. The molecule has 0 unspecified atom stereocenters. The molecular formula is C96H102N4O9. The van der Waals surface area contributed by atoms with Gasteiger partial charge in [0.25, 0.3) is 23.6 Å². The second kappa shape index (κ2) is 29.3. The summed E-state index contributed by atoms with van der Waals surface area (Å²) in [5, 5.41) is 0. The van der Waals surface area contributed by atoms with Crippen molar-refractivity contribution in [1.29, 1.82) is 0 Å². The van der Waals surface area contributed by atoms with E-state index in [0.717, 1.165) is 158 Å². The van der Waals surface area contributed by atoms with Crippen molar-refractivity contribution in [2.24, 2.45) is 23.7 Å². The van der Waals surface area contributed by atoms with E-state index >= 15 is 0 Å². The summed E-state index contributed by atoms with van der Waals surface area (Å²) in [5.41, 5.74) is 9.70. The first kappa shape index (κ1) is 72.9. The molecule has 8 heterocycles. The zero-order valence-corrected chi connectivity index (χ0v) is 63.9. The van der Waals surface area contributed by atoms with E-state index in [0.29, 0.717) is 22.3 Å². The summed E-state index contributed by atoms with van der Waals surface area (Å²) in [5.74, 6) is 5.26. The Balaban J connectivity index is 0.000000108. The Bertz CT molecular complexity index is 4220. The third-order valence-corrected chi connectivity index (χ3v) is 26.5. The Morgan fingerprint density at radius 1 is 0.321 bits per heavy atom. The molecule has 8 bridgehead atoms. The molecule has 16 atom stereocenters. The number of nitrogens with zero attached hydrogens (tertiary/aromatic N) is 4. The van der Waals surface area contributed by atoms with Crippen LogP contribution in [0.15, 0.2) is 267 Å². The third kappa shape index (κ3) is 11.8. The van der Waals surface area contributed by atoms with Crippen molar-refractivity contribution in [3.8, 4) is 23.0 Å². The highest BCUT2D eigenvalue weighted by atomic mass is 16.5. The molecule has 20 rings (SSSR count). The topological polar surface area (TPSA) is 127 Å². The standard InChI is InChI=1S/4C23H23NO2.C4H10O/c4*1-15-21-18-11-6-7-13-20(18)26-23(14-8-12-19(21)23)24(22(15)25)16(2)17-9-4-3-5-10-17;1-3-5-4-2/h4*3-7,9-11,13,16,19,21H,1,8,12,14H2,2H3;3-4H2,1-2H3/t4*16-,19+,21-,23+;/m0000./s1. The number of amides is 4. The molecule has 12 aliphatic rings. The minimum Gasteiger partial charge on any atom is -0.467 e. The quantitative estimate of drug-likeness (QED) is 0.123. The highest BCUT2D eigenvalue weighted by Gasteiger charge is 2.68. The lowest BCUT2D eigenvalue weighted by Gasteiger charge is -2.56. The summed E-state index contributed by atoms with van der Waals surface area (Å²) in [6.45, 7) is 31.1. The van der Waals surface area contributed by atoms with Gasteiger partial charge in [0.2, 0.25) is 0 Å². The number of carbonyl (C=O) groups is 4. The maximum Gasteiger partial charge on any atom is 0.253 e. The highest BCUT2D eigenvalue weighted by Crippen LogP contribution is 2.66. The van der Waals surface area contributed by atoms with E-state index in [1.165, 1.54) is 0 Å². The molecule has 8 aromatic carbocycles. The number of fused-ring (bicyclic) bond motifs is 8. The summed E-state index contributed by atoms with van der Waals surface area (Å²) >= 11 is 0. The normalized spacial score (nSPS) is 29.4. The van der Waals surface area contributed by atoms with Gasteiger partial charge in [-0.2, -0.15) is 0 Å². The van der Waals surface area contributed by atoms with Crippen LogP contribution in [0.5, 0.6) is 23.0 Å². The SMILES string of the molecule is C=C1C(=O)N([C@@H](C)c2ccccc2)[C@@]23CCC[C@@H]2[C@@H]1c1ccccc1O3.C=C1C(=O)N([C@@H](C)c2ccccc2)[C@@]23CCC[C@@H]2[C@@H]1c1ccccc1O3.C=C1C(=O)N([C@@H](C)c2ccccc2)[C@@]23CCC[C@@H]2[C@@H]1c1ccccc1O3.C=C1C(=O)N([C@@H](C)c2ccccc2)[C@@]23CCC[C@@H]2[C@@H]1c1ccccc1O3.CCOCC. The molecular weight excluding hydrogens is 1350 g/mol. The first-order chi connectivity index (χ1) is 52.9. The van der Waals surface area contributed by atoms with Crippen LogP contribution in [0.2, 0.25) is 0 Å². The van der Waals surface area contributed by atoms with Gasteiger partial charge in [0, 0.05) is 131 Å². The van der Waals surface area contributed by atoms with Gasteiger partial charge in [0.05, 0.1) is 24.2 Å². The smallest absolute Gasteiger partial charge is 0.253 e. The van der Waals surface area contributed by atoms with Gasteiger partial charge in [-0.1, -0.05) is 220 Å². The van der Waals surface area contributed by atoms with Crippen molar-refractivity contribution in [3.05, 3.63) is 312 Å². The monoisotopic (exact) mass is 1450 g/mol. The van der Waals surface area contributed by atoms with Gasteiger partial charge in [0.1, 0.15) is 23.0 Å². The predicted molar refractivity (Wildman–Crippen MR) is 425 cm³/mol. The van der Waals surface area contributed by atoms with Gasteiger partial charge in [-0.05, 0) is 139 Å². The van der Waals surface area contributed by atoms with Crippen LogP contribution in [-0.4, -0.2) is 79.3 Å². The molecule has 4 amide bonds. The molecule has 13 nitrogen and oxygen atoms in total. The van der Waals surface area contributed by atoms with E-state index < -0.39 is 22.9 Å². The number of para-hydroxylation sites is 4. The molecule has 13 heteroatoms. The van der Waals surface area contributed by atoms with Gasteiger partial charge in [0.15, 0.2) is 22.9 Å². The first-order valence-electron chi connectivity index (χ1n) is 39.9. The van der Waals surface area contributed by atoms with E-state index in [9.17, 15) is 19.2 Å². The Hall–Kier alpha value is -10.2. The summed E-state index contributed by atoms with van der Waals surface area (Å²) < 4.78 is 31.4. The van der Waals surface area contributed by atoms with Crippen molar-refractivity contribution in [3.63, 3.8) is 0 Å². The molecule has 0 aromatic heterocycles. The van der Waals surface area contributed by atoms with E-state index in [2.05, 4.69) is 127 Å². The maximum absolute atomic E-state index is 13.4. The molecule has 560 valence electrons. The number of rotatable bonds is 10. The van der Waals surface area contributed by atoms with Gasteiger partial charge < -0.3 is 23.7 Å². The zero-order valence-electron chi connectivity index (χ0n) is 63.9. The molecule has 4 saturated heterocycles. The second-order valence-corrected chi connectivity index (χ2v) is 31.8. The van der Waals surface area contributed by atoms with Crippen LogP contribution in [0.25, 0.3) is 0 Å². The van der Waals surface area contributed by atoms with E-state index in [-0.39, 0.29) is 95.1 Å². The van der Waals surface area contributed by atoms with Crippen molar-refractivity contribution >= 4 is 23.6 Å². The average Bonchev–Trinajstić information content (AvgIpc) is 1.69. The fourth-order valence-corrected chi connectivity index (χ4v) is 21.8. The number of benzene rings is 8. The first-order valence-corrected chi connectivity index (χ1v) is 39.9. The molecule has 0 N–H and O–H groups in total. The van der Waals surface area contributed by atoms with Gasteiger partial charge in [-0.3, -0.25) is 38.8 Å². The summed E-state index contributed by atoms with van der Waals surface area (Å²) in [4.78, 5) is 61.8. The van der Waals surface area contributed by atoms with Crippen LogP contribution in [0.3, 0.4) is 0 Å². The maximum atomic E-state index is 13.4. The summed E-state index contributed by atoms with van der Waals surface area (Å²) in [7, 11) is 0. The number of hydrogen-bond donors (Lipinski definition) is 0. The Kier molecular flexibility index (Phi) is 19.6.